The molecule has 7 nitrogen and oxygen atoms in total. The van der Waals surface area contributed by atoms with Crippen LogP contribution >= 0.6 is 22.9 Å². The third kappa shape index (κ3) is 5.27. The Morgan fingerprint density at radius 3 is 2.59 bits per heavy atom. The van der Waals surface area contributed by atoms with E-state index in [9.17, 15) is 14.4 Å². The Morgan fingerprint density at radius 1 is 1.22 bits per heavy atom. The number of aromatic nitrogens is 1. The first-order valence-corrected chi connectivity index (χ1v) is 9.44. The third-order valence-corrected chi connectivity index (χ3v) is 5.15. The van der Waals surface area contributed by atoms with Crippen LogP contribution in [0.4, 0.5) is 5.00 Å². The number of carbonyl (C=O) groups is 3. The standard InChI is InChI=1S/C18H19ClN2O5S/c1-4-13-10(3)15(18(24)25-5-2)16(27-13)21-14(22)9-26-17(23)12-8-11(19)6-7-20-12/h6-8H,4-5,9H2,1-3H3,(H,21,22). The zero-order valence-electron chi connectivity index (χ0n) is 15.1. The van der Waals surface area contributed by atoms with E-state index >= 15 is 0 Å². The number of halogens is 1. The highest BCUT2D eigenvalue weighted by Gasteiger charge is 2.23. The number of nitrogens with zero attached hydrogens (tertiary/aromatic N) is 1. The van der Waals surface area contributed by atoms with Crippen molar-refractivity contribution < 1.29 is 23.9 Å². The molecule has 144 valence electrons. The lowest BCUT2D eigenvalue weighted by molar-refractivity contribution is -0.119. The van der Waals surface area contributed by atoms with E-state index in [4.69, 9.17) is 21.1 Å². The zero-order chi connectivity index (χ0) is 20.0. The van der Waals surface area contributed by atoms with Crippen molar-refractivity contribution in [1.82, 2.24) is 4.98 Å². The highest BCUT2D eigenvalue weighted by atomic mass is 35.5. The third-order valence-electron chi connectivity index (χ3n) is 3.56. The molecule has 1 amide bonds. The van der Waals surface area contributed by atoms with Gasteiger partial charge in [-0.3, -0.25) is 4.79 Å². The minimum Gasteiger partial charge on any atom is -0.462 e. The van der Waals surface area contributed by atoms with E-state index in [1.54, 1.807) is 6.92 Å². The lowest BCUT2D eigenvalue weighted by Gasteiger charge is -2.08. The van der Waals surface area contributed by atoms with Crippen molar-refractivity contribution in [1.29, 1.82) is 0 Å². The number of rotatable bonds is 7. The maximum atomic E-state index is 12.2. The fourth-order valence-corrected chi connectivity index (χ4v) is 3.63. The normalized spacial score (nSPS) is 10.4. The molecule has 0 spiro atoms. The van der Waals surface area contributed by atoms with Gasteiger partial charge in [0.05, 0.1) is 12.2 Å². The second kappa shape index (κ2) is 9.48. The number of hydrogen-bond donors (Lipinski definition) is 1. The Morgan fingerprint density at radius 2 is 1.96 bits per heavy atom. The second-order valence-electron chi connectivity index (χ2n) is 5.41. The molecule has 0 unspecified atom stereocenters. The van der Waals surface area contributed by atoms with Gasteiger partial charge < -0.3 is 14.8 Å². The molecule has 0 aliphatic rings. The molecule has 0 fully saturated rings. The van der Waals surface area contributed by atoms with E-state index in [0.717, 1.165) is 10.4 Å². The van der Waals surface area contributed by atoms with Crippen molar-refractivity contribution in [2.45, 2.75) is 27.2 Å². The second-order valence-corrected chi connectivity index (χ2v) is 6.95. The number of amides is 1. The average Bonchev–Trinajstić information content (AvgIpc) is 2.95. The van der Waals surface area contributed by atoms with Crippen LogP contribution in [0.15, 0.2) is 18.3 Å². The summed E-state index contributed by atoms with van der Waals surface area (Å²) in [6, 6.07) is 2.86. The molecule has 1 N–H and O–H groups in total. The molecule has 27 heavy (non-hydrogen) atoms. The molecule has 0 atom stereocenters. The van der Waals surface area contributed by atoms with Crippen LogP contribution in [-0.4, -0.2) is 36.0 Å². The van der Waals surface area contributed by atoms with Crippen molar-refractivity contribution in [3.8, 4) is 0 Å². The number of aryl methyl sites for hydroxylation is 1. The van der Waals surface area contributed by atoms with E-state index in [0.29, 0.717) is 22.0 Å². The summed E-state index contributed by atoms with van der Waals surface area (Å²) in [6.07, 6.45) is 2.08. The fraction of sp³-hybridized carbons (Fsp3) is 0.333. The van der Waals surface area contributed by atoms with Crippen molar-refractivity contribution in [2.75, 3.05) is 18.5 Å². The number of esters is 2. The summed E-state index contributed by atoms with van der Waals surface area (Å²) in [5.74, 6) is -1.84. The number of thiophene rings is 1. The average molecular weight is 411 g/mol. The molecule has 0 aliphatic carbocycles. The van der Waals surface area contributed by atoms with Crippen molar-refractivity contribution >= 4 is 45.8 Å². The quantitative estimate of drug-likeness (QED) is 0.700. The predicted molar refractivity (Wildman–Crippen MR) is 103 cm³/mol. The maximum absolute atomic E-state index is 12.2. The largest absolute Gasteiger partial charge is 0.462 e. The van der Waals surface area contributed by atoms with Gasteiger partial charge in [0, 0.05) is 16.1 Å². The first-order valence-electron chi connectivity index (χ1n) is 8.25. The first kappa shape index (κ1) is 20.9. The van der Waals surface area contributed by atoms with Crippen LogP contribution in [-0.2, 0) is 20.7 Å². The van der Waals surface area contributed by atoms with Gasteiger partial charge in [-0.1, -0.05) is 18.5 Å². The fourth-order valence-electron chi connectivity index (χ4n) is 2.32. The van der Waals surface area contributed by atoms with Crippen molar-refractivity contribution in [3.63, 3.8) is 0 Å². The van der Waals surface area contributed by atoms with Gasteiger partial charge in [0.1, 0.15) is 10.7 Å². The van der Waals surface area contributed by atoms with Gasteiger partial charge >= 0.3 is 11.9 Å². The summed E-state index contributed by atoms with van der Waals surface area (Å²) in [5.41, 5.74) is 1.11. The van der Waals surface area contributed by atoms with E-state index in [1.807, 2.05) is 13.8 Å². The number of ether oxygens (including phenoxy) is 2. The van der Waals surface area contributed by atoms with E-state index < -0.39 is 24.5 Å². The SMILES string of the molecule is CCOC(=O)c1c(NC(=O)COC(=O)c2cc(Cl)ccn2)sc(CC)c1C. The van der Waals surface area contributed by atoms with Gasteiger partial charge in [0.2, 0.25) is 0 Å². The highest BCUT2D eigenvalue weighted by molar-refractivity contribution is 7.17. The smallest absolute Gasteiger partial charge is 0.357 e. The molecule has 2 aromatic heterocycles. The van der Waals surface area contributed by atoms with Gasteiger partial charge in [0.15, 0.2) is 6.61 Å². The van der Waals surface area contributed by atoms with Gasteiger partial charge in [-0.25, -0.2) is 14.6 Å². The van der Waals surface area contributed by atoms with E-state index in [2.05, 4.69) is 10.3 Å². The molecule has 0 radical (unpaired) electrons. The molecular weight excluding hydrogens is 392 g/mol. The molecule has 2 heterocycles. The molecule has 2 rings (SSSR count). The monoisotopic (exact) mass is 410 g/mol. The summed E-state index contributed by atoms with van der Waals surface area (Å²) in [6.45, 7) is 5.18. The molecule has 0 saturated heterocycles. The molecule has 9 heteroatoms. The minimum absolute atomic E-state index is 0.00255. The summed E-state index contributed by atoms with van der Waals surface area (Å²) < 4.78 is 10.0. The van der Waals surface area contributed by atoms with Gasteiger partial charge in [-0.2, -0.15) is 0 Å². The van der Waals surface area contributed by atoms with Crippen LogP contribution < -0.4 is 5.32 Å². The Balaban J connectivity index is 2.07. The molecule has 0 aromatic carbocycles. The summed E-state index contributed by atoms with van der Waals surface area (Å²) in [4.78, 5) is 41.1. The number of hydrogen-bond acceptors (Lipinski definition) is 7. The van der Waals surface area contributed by atoms with Gasteiger partial charge in [-0.15, -0.1) is 11.3 Å². The lowest BCUT2D eigenvalue weighted by Crippen LogP contribution is -2.22. The van der Waals surface area contributed by atoms with Crippen LogP contribution in [0.2, 0.25) is 5.02 Å². The van der Waals surface area contributed by atoms with Crippen molar-refractivity contribution in [3.05, 3.63) is 45.1 Å². The molecule has 0 aliphatic heterocycles. The molecule has 0 saturated carbocycles. The Kier molecular flexibility index (Phi) is 7.32. The molecule has 0 bridgehead atoms. The van der Waals surface area contributed by atoms with Gasteiger partial charge in [-0.05, 0) is 38.0 Å². The number of carbonyl (C=O) groups excluding carboxylic acids is 3. The summed E-state index contributed by atoms with van der Waals surface area (Å²) >= 11 is 7.09. The van der Waals surface area contributed by atoms with Crippen LogP contribution in [0.1, 0.15) is 45.1 Å². The van der Waals surface area contributed by atoms with Crippen LogP contribution in [0.5, 0.6) is 0 Å². The van der Waals surface area contributed by atoms with E-state index in [1.165, 1.54) is 29.7 Å². The molecular formula is C18H19ClN2O5S. The van der Waals surface area contributed by atoms with Crippen LogP contribution in [0.25, 0.3) is 0 Å². The predicted octanol–water partition coefficient (Wildman–Crippen LogP) is 3.64. The zero-order valence-corrected chi connectivity index (χ0v) is 16.7. The Bertz CT molecular complexity index is 865. The topological polar surface area (TPSA) is 94.6 Å². The van der Waals surface area contributed by atoms with Crippen molar-refractivity contribution in [2.24, 2.45) is 0 Å². The molecule has 2 aromatic rings. The maximum Gasteiger partial charge on any atom is 0.357 e. The number of pyridine rings is 1. The Hall–Kier alpha value is -2.45. The van der Waals surface area contributed by atoms with Crippen LogP contribution in [0.3, 0.4) is 0 Å². The van der Waals surface area contributed by atoms with Gasteiger partial charge in [0.25, 0.3) is 5.91 Å². The first-order chi connectivity index (χ1) is 12.9. The summed E-state index contributed by atoms with van der Waals surface area (Å²) in [5, 5.41) is 3.33. The number of nitrogens with one attached hydrogen (secondary N) is 1. The lowest BCUT2D eigenvalue weighted by atomic mass is 10.1. The summed E-state index contributed by atoms with van der Waals surface area (Å²) in [7, 11) is 0. The highest BCUT2D eigenvalue weighted by Crippen LogP contribution is 2.34. The Labute approximate surface area is 165 Å². The van der Waals surface area contributed by atoms with E-state index in [-0.39, 0.29) is 12.3 Å². The minimum atomic E-state index is -0.769. The van der Waals surface area contributed by atoms with Crippen LogP contribution in [0, 0.1) is 6.92 Å². The number of anilines is 1.